The second-order valence-electron chi connectivity index (χ2n) is 16.9. The van der Waals surface area contributed by atoms with Crippen LogP contribution in [-0.2, 0) is 22.4 Å². The van der Waals surface area contributed by atoms with E-state index in [9.17, 15) is 9.59 Å². The summed E-state index contributed by atoms with van der Waals surface area (Å²) >= 11 is 0. The van der Waals surface area contributed by atoms with Gasteiger partial charge in [0.2, 0.25) is 0 Å². The fraction of sp³-hybridized carbons (Fsp3) is 0.625. The Bertz CT molecular complexity index is 1440. The van der Waals surface area contributed by atoms with Crippen molar-refractivity contribution in [3.05, 3.63) is 72.8 Å². The van der Waals surface area contributed by atoms with Gasteiger partial charge in [-0.2, -0.15) is 0 Å². The zero-order valence-electron chi connectivity index (χ0n) is 36.5. The highest BCUT2D eigenvalue weighted by atomic mass is 16.5. The summed E-state index contributed by atoms with van der Waals surface area (Å²) in [5.41, 5.74) is 3.85. The number of allylic oxidation sites excluding steroid dienone is 2. The van der Waals surface area contributed by atoms with Gasteiger partial charge in [-0.05, 0) is 79.5 Å². The molecule has 2 amide bonds. The van der Waals surface area contributed by atoms with Gasteiger partial charge in [0.25, 0.3) is 11.8 Å². The molecule has 0 aliphatic carbocycles. The zero-order valence-corrected chi connectivity index (χ0v) is 36.5. The largest absolute Gasteiger partial charge is 0.483 e. The van der Waals surface area contributed by atoms with Crippen LogP contribution in [-0.4, -0.2) is 101 Å². The number of hydrogen-bond donors (Lipinski definition) is 2. The number of benzene rings is 2. The average Bonchev–Trinajstić information content (AvgIpc) is 3.17. The summed E-state index contributed by atoms with van der Waals surface area (Å²) in [6, 6.07) is 12.0. The molecule has 0 saturated heterocycles. The minimum absolute atomic E-state index is 0.0482. The summed E-state index contributed by atoms with van der Waals surface area (Å²) in [6.45, 7) is 17.9. The second kappa shape index (κ2) is 27.9. The van der Waals surface area contributed by atoms with E-state index in [0.29, 0.717) is 37.4 Å². The molecule has 2 rings (SSSR count). The van der Waals surface area contributed by atoms with Crippen LogP contribution in [0.1, 0.15) is 115 Å². The highest BCUT2D eigenvalue weighted by Crippen LogP contribution is 2.35. The highest BCUT2D eigenvalue weighted by Gasteiger charge is 2.17. The van der Waals surface area contributed by atoms with Gasteiger partial charge in [-0.3, -0.25) is 9.59 Å². The zero-order chi connectivity index (χ0) is 41.1. The lowest BCUT2D eigenvalue weighted by molar-refractivity contribution is -0.890. The van der Waals surface area contributed by atoms with Gasteiger partial charge in [0.15, 0.2) is 13.2 Å². The van der Waals surface area contributed by atoms with Crippen molar-refractivity contribution in [2.75, 3.05) is 80.7 Å². The molecule has 2 N–H and O–H groups in total. The third-order valence-corrected chi connectivity index (χ3v) is 10.6. The first-order valence-electron chi connectivity index (χ1n) is 21.8. The van der Waals surface area contributed by atoms with E-state index in [1.54, 1.807) is 0 Å². The van der Waals surface area contributed by atoms with Gasteiger partial charge < -0.3 is 29.1 Å². The lowest BCUT2D eigenvalue weighted by Crippen LogP contribution is -2.42. The van der Waals surface area contributed by atoms with Crippen molar-refractivity contribution in [2.24, 2.45) is 0 Å². The maximum absolute atomic E-state index is 12.9. The van der Waals surface area contributed by atoms with E-state index in [1.807, 2.05) is 36.4 Å². The molecule has 2 aromatic carbocycles. The van der Waals surface area contributed by atoms with Crippen LogP contribution < -0.4 is 20.1 Å². The molecule has 0 fully saturated rings. The SMILES string of the molecule is C=CCc1ccc(OCC(=O)NCCC[N+](C)(C)CCCCCCCC)c(-c2ccc(OCC(=O)NCCC[N+](C)(C)CCCCCCCC)c(CC=C)c2)c1. The normalized spacial score (nSPS) is 11.6. The molecule has 314 valence electrons. The van der Waals surface area contributed by atoms with Crippen molar-refractivity contribution in [1.29, 1.82) is 0 Å². The Kier molecular flexibility index (Phi) is 24.2. The van der Waals surface area contributed by atoms with Crippen molar-refractivity contribution < 1.29 is 28.0 Å². The molecule has 2 aromatic rings. The predicted octanol–water partition coefficient (Wildman–Crippen LogP) is 9.45. The number of carbonyl (C=O) groups excluding carboxylic acids is 2. The first-order chi connectivity index (χ1) is 26.9. The second-order valence-corrected chi connectivity index (χ2v) is 16.9. The van der Waals surface area contributed by atoms with Gasteiger partial charge in [-0.1, -0.05) is 89.5 Å². The number of hydrogen-bond acceptors (Lipinski definition) is 4. The quantitative estimate of drug-likeness (QED) is 0.0431. The van der Waals surface area contributed by atoms with Crippen molar-refractivity contribution >= 4 is 11.8 Å². The topological polar surface area (TPSA) is 76.7 Å². The molecule has 0 bridgehead atoms. The highest BCUT2D eigenvalue weighted by molar-refractivity contribution is 5.79. The first kappa shape index (κ1) is 48.5. The molecule has 0 aliphatic heterocycles. The summed E-state index contributed by atoms with van der Waals surface area (Å²) in [7, 11) is 9.13. The fourth-order valence-electron chi connectivity index (χ4n) is 7.15. The van der Waals surface area contributed by atoms with Crippen LogP contribution >= 0.6 is 0 Å². The lowest BCUT2D eigenvalue weighted by Gasteiger charge is -2.30. The van der Waals surface area contributed by atoms with Crippen LogP contribution in [0, 0.1) is 0 Å². The van der Waals surface area contributed by atoms with Crippen LogP contribution in [0.3, 0.4) is 0 Å². The number of carbonyl (C=O) groups is 2. The molecule has 0 spiro atoms. The van der Waals surface area contributed by atoms with Gasteiger partial charge in [0, 0.05) is 31.5 Å². The van der Waals surface area contributed by atoms with Crippen LogP contribution in [0.4, 0.5) is 0 Å². The van der Waals surface area contributed by atoms with E-state index >= 15 is 0 Å². The van der Waals surface area contributed by atoms with E-state index < -0.39 is 0 Å². The van der Waals surface area contributed by atoms with Gasteiger partial charge in [-0.15, -0.1) is 13.2 Å². The van der Waals surface area contributed by atoms with E-state index in [0.717, 1.165) is 57.2 Å². The third kappa shape index (κ3) is 21.1. The number of nitrogens with one attached hydrogen (secondary N) is 2. The molecule has 8 heteroatoms. The number of rotatable bonds is 33. The minimum Gasteiger partial charge on any atom is -0.483 e. The van der Waals surface area contributed by atoms with Gasteiger partial charge in [0.1, 0.15) is 11.5 Å². The van der Waals surface area contributed by atoms with Gasteiger partial charge >= 0.3 is 0 Å². The Morgan fingerprint density at radius 2 is 1.05 bits per heavy atom. The maximum atomic E-state index is 12.9. The molecule has 0 aromatic heterocycles. The average molecular weight is 777 g/mol. The molecule has 0 radical (unpaired) electrons. The number of ether oxygens (including phenoxy) is 2. The molecule has 8 nitrogen and oxygen atoms in total. The number of amides is 2. The van der Waals surface area contributed by atoms with Crippen molar-refractivity contribution in [2.45, 2.75) is 117 Å². The van der Waals surface area contributed by atoms with Crippen LogP contribution in [0.15, 0.2) is 61.7 Å². The Labute approximate surface area is 342 Å². The first-order valence-corrected chi connectivity index (χ1v) is 21.8. The van der Waals surface area contributed by atoms with Crippen molar-refractivity contribution in [1.82, 2.24) is 10.6 Å². The Morgan fingerprint density at radius 1 is 0.589 bits per heavy atom. The third-order valence-electron chi connectivity index (χ3n) is 10.6. The Balaban J connectivity index is 1.92. The molecular weight excluding hydrogens is 697 g/mol. The van der Waals surface area contributed by atoms with Crippen LogP contribution in [0.5, 0.6) is 11.5 Å². The summed E-state index contributed by atoms with van der Waals surface area (Å²) in [4.78, 5) is 25.6. The molecule has 0 saturated carbocycles. The van der Waals surface area contributed by atoms with E-state index in [4.69, 9.17) is 9.47 Å². The number of unbranched alkanes of at least 4 members (excludes halogenated alkanes) is 10. The molecule has 0 heterocycles. The Hall–Kier alpha value is -3.62. The Morgan fingerprint density at radius 3 is 1.57 bits per heavy atom. The van der Waals surface area contributed by atoms with Crippen molar-refractivity contribution in [3.8, 4) is 22.6 Å². The molecule has 56 heavy (non-hydrogen) atoms. The summed E-state index contributed by atoms with van der Waals surface area (Å²) in [5, 5.41) is 6.09. The fourth-order valence-corrected chi connectivity index (χ4v) is 7.15. The lowest BCUT2D eigenvalue weighted by atomic mass is 9.97. The smallest absolute Gasteiger partial charge is 0.257 e. The van der Waals surface area contributed by atoms with Crippen LogP contribution in [0.25, 0.3) is 11.1 Å². The maximum Gasteiger partial charge on any atom is 0.257 e. The minimum atomic E-state index is -0.127. The number of nitrogens with zero attached hydrogens (tertiary/aromatic N) is 2. The molecule has 0 atom stereocenters. The molecule has 0 aliphatic rings. The van der Waals surface area contributed by atoms with E-state index in [2.05, 4.69) is 78.0 Å². The summed E-state index contributed by atoms with van der Waals surface area (Å²) in [5.74, 6) is 1.04. The monoisotopic (exact) mass is 777 g/mol. The van der Waals surface area contributed by atoms with Crippen molar-refractivity contribution in [3.63, 3.8) is 0 Å². The standard InChI is InChI=1S/C48H78N4O4/c1-9-13-15-17-19-21-33-51(5,6)35-23-31-49-47(53)39-55-45-30-28-42(38-43(45)26-12-4)44-37-41(25-11-3)27-29-46(44)56-40-48(54)50-32-24-36-52(7,8)34-22-20-18-16-14-10-2/h11-12,27-30,37-38H,3-4,9-10,13-26,31-36,39-40H2,1-2,5-8H3/p+2. The van der Waals surface area contributed by atoms with E-state index in [-0.39, 0.29) is 25.0 Å². The van der Waals surface area contributed by atoms with Crippen LogP contribution in [0.2, 0.25) is 0 Å². The summed E-state index contributed by atoms with van der Waals surface area (Å²) in [6.07, 6.45) is 22.6. The predicted molar refractivity (Wildman–Crippen MR) is 236 cm³/mol. The summed E-state index contributed by atoms with van der Waals surface area (Å²) < 4.78 is 14.1. The van der Waals surface area contributed by atoms with E-state index in [1.165, 1.54) is 90.1 Å². The van der Waals surface area contributed by atoms with Gasteiger partial charge in [0.05, 0.1) is 54.4 Å². The number of quaternary nitrogens is 2. The van der Waals surface area contributed by atoms with Gasteiger partial charge in [-0.25, -0.2) is 0 Å². The molecule has 0 unspecified atom stereocenters. The molecular formula is C48H80N4O4+2.